The summed E-state index contributed by atoms with van der Waals surface area (Å²) >= 11 is 0. The van der Waals surface area contributed by atoms with Crippen molar-refractivity contribution in [3.63, 3.8) is 0 Å². The monoisotopic (exact) mass is 415 g/mol. The molecule has 1 aliphatic carbocycles. The molecule has 5 rings (SSSR count). The zero-order valence-corrected chi connectivity index (χ0v) is 18.1. The van der Waals surface area contributed by atoms with Gasteiger partial charge in [0.15, 0.2) is 0 Å². The van der Waals surface area contributed by atoms with Crippen LogP contribution in [0.3, 0.4) is 0 Å². The SMILES string of the molecule is CN(C)c1ncc2c(n1)C1(CCN(C(=O)[C@H]3CC[C@H]4OCCN[C@@H]4C3)CC1)OCC2. The maximum absolute atomic E-state index is 13.3. The Labute approximate surface area is 178 Å². The summed E-state index contributed by atoms with van der Waals surface area (Å²) in [4.78, 5) is 26.6. The zero-order valence-electron chi connectivity index (χ0n) is 18.1. The molecule has 4 heterocycles. The molecular formula is C22H33N5O3. The maximum Gasteiger partial charge on any atom is 0.225 e. The molecule has 3 fully saturated rings. The highest BCUT2D eigenvalue weighted by molar-refractivity contribution is 5.79. The fourth-order valence-corrected chi connectivity index (χ4v) is 5.58. The first-order chi connectivity index (χ1) is 14.6. The number of carbonyl (C=O) groups excluding carboxylic acids is 1. The summed E-state index contributed by atoms with van der Waals surface area (Å²) in [5.41, 5.74) is 1.84. The Balaban J connectivity index is 1.27. The lowest BCUT2D eigenvalue weighted by Crippen LogP contribution is -2.55. The number of rotatable bonds is 2. The highest BCUT2D eigenvalue weighted by Crippen LogP contribution is 2.41. The van der Waals surface area contributed by atoms with Crippen LogP contribution in [-0.2, 0) is 26.3 Å². The average Bonchev–Trinajstić information content (AvgIpc) is 2.79. The number of hydrogen-bond donors (Lipinski definition) is 1. The quantitative estimate of drug-likeness (QED) is 0.775. The number of ether oxygens (including phenoxy) is 2. The summed E-state index contributed by atoms with van der Waals surface area (Å²) in [5, 5.41) is 3.55. The summed E-state index contributed by atoms with van der Waals surface area (Å²) in [7, 11) is 3.92. The highest BCUT2D eigenvalue weighted by atomic mass is 16.5. The molecule has 1 aromatic heterocycles. The normalized spacial score (nSPS) is 30.5. The Morgan fingerprint density at radius 2 is 2.10 bits per heavy atom. The lowest BCUT2D eigenvalue weighted by Gasteiger charge is -2.45. The van der Waals surface area contributed by atoms with Gasteiger partial charge < -0.3 is 24.6 Å². The van der Waals surface area contributed by atoms with Crippen LogP contribution in [0.2, 0.25) is 0 Å². The molecule has 1 amide bonds. The van der Waals surface area contributed by atoms with Gasteiger partial charge in [0, 0.05) is 51.9 Å². The second-order valence-corrected chi connectivity index (χ2v) is 9.34. The number of hydrogen-bond acceptors (Lipinski definition) is 7. The van der Waals surface area contributed by atoms with Crippen molar-refractivity contribution in [2.45, 2.75) is 56.3 Å². The van der Waals surface area contributed by atoms with Crippen molar-refractivity contribution < 1.29 is 14.3 Å². The predicted octanol–water partition coefficient (Wildman–Crippen LogP) is 1.09. The van der Waals surface area contributed by atoms with Gasteiger partial charge in [0.1, 0.15) is 5.60 Å². The number of nitrogens with one attached hydrogen (secondary N) is 1. The van der Waals surface area contributed by atoms with E-state index in [0.29, 0.717) is 18.6 Å². The van der Waals surface area contributed by atoms with Crippen LogP contribution in [0.15, 0.2) is 6.20 Å². The van der Waals surface area contributed by atoms with Gasteiger partial charge >= 0.3 is 0 Å². The maximum atomic E-state index is 13.3. The van der Waals surface area contributed by atoms with E-state index in [1.54, 1.807) is 0 Å². The fourth-order valence-electron chi connectivity index (χ4n) is 5.58. The van der Waals surface area contributed by atoms with Crippen molar-refractivity contribution in [1.29, 1.82) is 0 Å². The van der Waals surface area contributed by atoms with Crippen LogP contribution in [0.1, 0.15) is 43.4 Å². The van der Waals surface area contributed by atoms with Gasteiger partial charge in [-0.05, 0) is 44.1 Å². The Morgan fingerprint density at radius 3 is 2.90 bits per heavy atom. The van der Waals surface area contributed by atoms with Gasteiger partial charge in [0.25, 0.3) is 0 Å². The second kappa shape index (κ2) is 8.05. The lowest BCUT2D eigenvalue weighted by molar-refractivity contribution is -0.148. The first-order valence-electron chi connectivity index (χ1n) is 11.4. The van der Waals surface area contributed by atoms with E-state index in [4.69, 9.17) is 14.5 Å². The van der Waals surface area contributed by atoms with Gasteiger partial charge in [0.2, 0.25) is 11.9 Å². The molecule has 0 bridgehead atoms. The smallest absolute Gasteiger partial charge is 0.225 e. The topological polar surface area (TPSA) is 79.8 Å². The van der Waals surface area contributed by atoms with Gasteiger partial charge in [-0.2, -0.15) is 0 Å². The van der Waals surface area contributed by atoms with Gasteiger partial charge in [-0.15, -0.1) is 0 Å². The van der Waals surface area contributed by atoms with E-state index in [-0.39, 0.29) is 17.6 Å². The molecule has 1 spiro atoms. The molecule has 0 unspecified atom stereocenters. The number of likely N-dealkylation sites (tertiary alicyclic amines) is 1. The molecular weight excluding hydrogens is 382 g/mol. The Bertz CT molecular complexity index is 793. The van der Waals surface area contributed by atoms with E-state index in [1.165, 1.54) is 5.56 Å². The van der Waals surface area contributed by atoms with Crippen molar-refractivity contribution >= 4 is 11.9 Å². The number of fused-ring (bicyclic) bond motifs is 3. The number of nitrogens with zero attached hydrogens (tertiary/aromatic N) is 4. The molecule has 4 aliphatic rings. The van der Waals surface area contributed by atoms with Crippen molar-refractivity contribution in [3.8, 4) is 0 Å². The molecule has 1 aromatic rings. The molecule has 8 heteroatoms. The van der Waals surface area contributed by atoms with Gasteiger partial charge in [-0.25, -0.2) is 9.97 Å². The molecule has 30 heavy (non-hydrogen) atoms. The van der Waals surface area contributed by atoms with Crippen LogP contribution in [0.25, 0.3) is 0 Å². The summed E-state index contributed by atoms with van der Waals surface area (Å²) in [5.74, 6) is 1.14. The Kier molecular flexibility index (Phi) is 5.41. The van der Waals surface area contributed by atoms with Gasteiger partial charge in [-0.3, -0.25) is 4.79 Å². The van der Waals surface area contributed by atoms with Gasteiger partial charge in [0.05, 0.1) is 25.0 Å². The zero-order chi connectivity index (χ0) is 20.7. The number of amides is 1. The molecule has 1 saturated carbocycles. The van der Waals surface area contributed by atoms with E-state index >= 15 is 0 Å². The van der Waals surface area contributed by atoms with Crippen LogP contribution in [0.4, 0.5) is 5.95 Å². The van der Waals surface area contributed by atoms with Crippen molar-refractivity contribution in [2.24, 2.45) is 5.92 Å². The molecule has 2 saturated heterocycles. The molecule has 0 radical (unpaired) electrons. The van der Waals surface area contributed by atoms with E-state index in [9.17, 15) is 4.79 Å². The van der Waals surface area contributed by atoms with Crippen molar-refractivity contribution in [1.82, 2.24) is 20.2 Å². The molecule has 3 atom stereocenters. The Hall–Kier alpha value is -1.77. The van der Waals surface area contributed by atoms with Crippen molar-refractivity contribution in [2.75, 3.05) is 51.8 Å². The number of carbonyl (C=O) groups is 1. The molecule has 8 nitrogen and oxygen atoms in total. The van der Waals surface area contributed by atoms with E-state index in [2.05, 4.69) is 15.2 Å². The van der Waals surface area contributed by atoms with E-state index < -0.39 is 0 Å². The first kappa shape index (κ1) is 20.2. The molecule has 3 aliphatic heterocycles. The highest BCUT2D eigenvalue weighted by Gasteiger charge is 2.45. The molecule has 0 aromatic carbocycles. The third-order valence-electron chi connectivity index (χ3n) is 7.29. The number of aromatic nitrogens is 2. The predicted molar refractivity (Wildman–Crippen MR) is 112 cm³/mol. The minimum atomic E-state index is -0.380. The first-order valence-corrected chi connectivity index (χ1v) is 11.4. The summed E-state index contributed by atoms with van der Waals surface area (Å²) in [6.45, 7) is 3.83. The van der Waals surface area contributed by atoms with Crippen LogP contribution >= 0.6 is 0 Å². The van der Waals surface area contributed by atoms with Crippen LogP contribution < -0.4 is 10.2 Å². The van der Waals surface area contributed by atoms with Crippen LogP contribution in [0, 0.1) is 5.92 Å². The second-order valence-electron chi connectivity index (χ2n) is 9.34. The van der Waals surface area contributed by atoms with Crippen LogP contribution in [0.5, 0.6) is 0 Å². The summed E-state index contributed by atoms with van der Waals surface area (Å²) in [6.07, 6.45) is 7.50. The Morgan fingerprint density at radius 1 is 1.27 bits per heavy atom. The number of anilines is 1. The summed E-state index contributed by atoms with van der Waals surface area (Å²) in [6, 6.07) is 0.326. The standard InChI is InChI=1S/C22H33N5O3/c1-26(2)21-24-14-16-5-11-30-22(19(16)25-21)6-9-27(10-7-22)20(28)15-3-4-18-17(13-15)23-8-12-29-18/h14-15,17-18,23H,3-13H2,1-2H3/t15-,17+,18+/m0/s1. The minimum Gasteiger partial charge on any atom is -0.375 e. The number of morpholine rings is 1. The minimum absolute atomic E-state index is 0.108. The van der Waals surface area contributed by atoms with Gasteiger partial charge in [-0.1, -0.05) is 0 Å². The molecule has 1 N–H and O–H groups in total. The fraction of sp³-hybridized carbons (Fsp3) is 0.773. The van der Waals surface area contributed by atoms with Crippen LogP contribution in [-0.4, -0.2) is 79.9 Å². The third kappa shape index (κ3) is 3.59. The third-order valence-corrected chi connectivity index (χ3v) is 7.29. The van der Waals surface area contributed by atoms with Crippen molar-refractivity contribution in [3.05, 3.63) is 17.5 Å². The summed E-state index contributed by atoms with van der Waals surface area (Å²) < 4.78 is 12.2. The average molecular weight is 416 g/mol. The lowest BCUT2D eigenvalue weighted by atomic mass is 9.80. The number of piperidine rings is 1. The largest absolute Gasteiger partial charge is 0.375 e. The molecule has 164 valence electrons. The van der Waals surface area contributed by atoms with E-state index in [1.807, 2.05) is 25.2 Å². The van der Waals surface area contributed by atoms with E-state index in [0.717, 1.165) is 76.4 Å².